The molecule has 3 N–H and O–H groups in total. The monoisotopic (exact) mass is 206 g/mol. The molecule has 0 aromatic carbocycles. The van der Waals surface area contributed by atoms with Crippen LogP contribution in [0.2, 0.25) is 0 Å². The Morgan fingerprint density at radius 2 is 2.08 bits per heavy atom. The zero-order chi connectivity index (χ0) is 10.5. The van der Waals surface area contributed by atoms with Gasteiger partial charge >= 0.3 is 5.97 Å². The van der Waals surface area contributed by atoms with Crippen molar-refractivity contribution in [3.8, 4) is 0 Å². The fraction of sp³-hybridized carbons (Fsp3) is 0.889. The lowest BCUT2D eigenvalue weighted by Crippen LogP contribution is -2.66. The van der Waals surface area contributed by atoms with Gasteiger partial charge in [0.2, 0.25) is 0 Å². The van der Waals surface area contributed by atoms with Crippen LogP contribution in [0.4, 0.5) is 0 Å². The summed E-state index contributed by atoms with van der Waals surface area (Å²) in [7, 11) is 0. The van der Waals surface area contributed by atoms with Gasteiger partial charge in [0.25, 0.3) is 0 Å². The van der Waals surface area contributed by atoms with E-state index in [1.165, 1.54) is 0 Å². The van der Waals surface area contributed by atoms with E-state index in [0.29, 0.717) is 0 Å². The molecule has 0 unspecified atom stereocenters. The van der Waals surface area contributed by atoms with E-state index in [0.717, 1.165) is 12.2 Å². The molecule has 0 aliphatic rings. The van der Waals surface area contributed by atoms with Crippen LogP contribution in [0.1, 0.15) is 27.2 Å². The SMILES string of the molecule is CSCC[C@H]([NH3+])C(=O)OC(C)(C)C. The van der Waals surface area contributed by atoms with Gasteiger partial charge in [0.1, 0.15) is 5.60 Å². The minimum Gasteiger partial charge on any atom is -0.456 e. The molecule has 0 aromatic heterocycles. The van der Waals surface area contributed by atoms with E-state index in [-0.39, 0.29) is 12.0 Å². The van der Waals surface area contributed by atoms with Gasteiger partial charge in [-0.05, 0) is 32.8 Å². The van der Waals surface area contributed by atoms with Crippen molar-refractivity contribution in [1.29, 1.82) is 0 Å². The third kappa shape index (κ3) is 6.90. The molecule has 13 heavy (non-hydrogen) atoms. The molecule has 0 heterocycles. The zero-order valence-corrected chi connectivity index (χ0v) is 9.74. The third-order valence-electron chi connectivity index (χ3n) is 1.41. The average molecular weight is 206 g/mol. The first-order valence-electron chi connectivity index (χ1n) is 4.41. The Bertz CT molecular complexity index is 165. The highest BCUT2D eigenvalue weighted by Crippen LogP contribution is 2.09. The Morgan fingerprint density at radius 3 is 2.46 bits per heavy atom. The first-order valence-corrected chi connectivity index (χ1v) is 5.81. The normalized spacial score (nSPS) is 13.9. The van der Waals surface area contributed by atoms with Gasteiger partial charge in [-0.1, -0.05) is 0 Å². The van der Waals surface area contributed by atoms with Crippen molar-refractivity contribution in [2.24, 2.45) is 0 Å². The highest BCUT2D eigenvalue weighted by molar-refractivity contribution is 7.98. The topological polar surface area (TPSA) is 53.9 Å². The number of hydrogen-bond donors (Lipinski definition) is 1. The highest BCUT2D eigenvalue weighted by atomic mass is 32.2. The van der Waals surface area contributed by atoms with Crippen molar-refractivity contribution >= 4 is 17.7 Å². The number of hydrogen-bond acceptors (Lipinski definition) is 3. The number of ether oxygens (including phenoxy) is 1. The standard InChI is InChI=1S/C9H19NO2S/c1-9(2,3)12-8(11)7(10)5-6-13-4/h7H,5-6,10H2,1-4H3/p+1/t7-/m0/s1. The molecule has 0 amide bonds. The molecule has 0 aliphatic heterocycles. The second-order valence-corrected chi connectivity index (χ2v) is 5.00. The minimum atomic E-state index is -0.396. The maximum absolute atomic E-state index is 11.4. The minimum absolute atomic E-state index is 0.193. The van der Waals surface area contributed by atoms with Crippen LogP contribution in [0.25, 0.3) is 0 Å². The largest absolute Gasteiger partial charge is 0.456 e. The van der Waals surface area contributed by atoms with Crippen LogP contribution in [0.15, 0.2) is 0 Å². The summed E-state index contributed by atoms with van der Waals surface area (Å²) in [5.41, 5.74) is 3.38. The Morgan fingerprint density at radius 1 is 1.54 bits per heavy atom. The second-order valence-electron chi connectivity index (χ2n) is 4.01. The van der Waals surface area contributed by atoms with Gasteiger partial charge in [0, 0.05) is 6.42 Å². The van der Waals surface area contributed by atoms with E-state index in [1.807, 2.05) is 27.0 Å². The van der Waals surface area contributed by atoms with Crippen molar-refractivity contribution in [3.63, 3.8) is 0 Å². The van der Waals surface area contributed by atoms with Crippen LogP contribution < -0.4 is 5.73 Å². The van der Waals surface area contributed by atoms with Crippen molar-refractivity contribution in [2.75, 3.05) is 12.0 Å². The number of rotatable bonds is 4. The van der Waals surface area contributed by atoms with Gasteiger partial charge in [-0.2, -0.15) is 11.8 Å². The first-order chi connectivity index (χ1) is 5.87. The maximum atomic E-state index is 11.4. The highest BCUT2D eigenvalue weighted by Gasteiger charge is 2.24. The predicted octanol–water partition coefficient (Wildman–Crippen LogP) is 0.692. The van der Waals surface area contributed by atoms with E-state index >= 15 is 0 Å². The molecule has 1 atom stereocenters. The Hall–Kier alpha value is -0.220. The number of thioether (sulfide) groups is 1. The van der Waals surface area contributed by atoms with Crippen molar-refractivity contribution in [3.05, 3.63) is 0 Å². The fourth-order valence-corrected chi connectivity index (χ4v) is 1.28. The van der Waals surface area contributed by atoms with E-state index in [4.69, 9.17) is 4.74 Å². The third-order valence-corrected chi connectivity index (χ3v) is 2.05. The lowest BCUT2D eigenvalue weighted by Gasteiger charge is -2.20. The summed E-state index contributed by atoms with van der Waals surface area (Å²) >= 11 is 1.72. The molecule has 78 valence electrons. The predicted molar refractivity (Wildman–Crippen MR) is 55.5 cm³/mol. The lowest BCUT2D eigenvalue weighted by atomic mass is 10.2. The number of carbonyl (C=O) groups is 1. The molecule has 0 saturated heterocycles. The summed E-state index contributed by atoms with van der Waals surface area (Å²) in [5.74, 6) is 0.759. The van der Waals surface area contributed by atoms with Gasteiger partial charge in [0.05, 0.1) is 0 Å². The molecule has 0 spiro atoms. The van der Waals surface area contributed by atoms with Crippen LogP contribution in [0.3, 0.4) is 0 Å². The smallest absolute Gasteiger partial charge is 0.365 e. The van der Waals surface area contributed by atoms with E-state index in [2.05, 4.69) is 5.73 Å². The molecule has 4 heteroatoms. The van der Waals surface area contributed by atoms with Gasteiger partial charge in [-0.15, -0.1) is 0 Å². The summed E-state index contributed by atoms with van der Waals surface area (Å²) in [5, 5.41) is 0. The Kier molecular flexibility index (Phi) is 5.40. The molecular weight excluding hydrogens is 186 g/mol. The van der Waals surface area contributed by atoms with Crippen LogP contribution >= 0.6 is 11.8 Å². The molecule has 0 fully saturated rings. The summed E-state index contributed by atoms with van der Waals surface area (Å²) in [6.45, 7) is 5.60. The molecule has 0 aromatic rings. The van der Waals surface area contributed by atoms with Crippen LogP contribution in [-0.4, -0.2) is 29.6 Å². The number of quaternary nitrogens is 1. The average Bonchev–Trinajstić information content (AvgIpc) is 1.96. The quantitative estimate of drug-likeness (QED) is 0.689. The molecule has 0 aliphatic carbocycles. The van der Waals surface area contributed by atoms with Crippen molar-refractivity contribution < 1.29 is 15.3 Å². The van der Waals surface area contributed by atoms with E-state index in [1.54, 1.807) is 11.8 Å². The summed E-state index contributed by atoms with van der Waals surface area (Å²) in [6.07, 6.45) is 2.80. The van der Waals surface area contributed by atoms with Gasteiger partial charge in [-0.3, -0.25) is 0 Å². The van der Waals surface area contributed by atoms with Crippen molar-refractivity contribution in [1.82, 2.24) is 0 Å². The molecule has 0 radical (unpaired) electrons. The Labute approximate surface area is 84.4 Å². The zero-order valence-electron chi connectivity index (χ0n) is 8.92. The van der Waals surface area contributed by atoms with Gasteiger partial charge in [-0.25, -0.2) is 4.79 Å². The summed E-state index contributed by atoms with van der Waals surface area (Å²) in [6, 6.07) is -0.230. The van der Waals surface area contributed by atoms with Crippen LogP contribution in [0, 0.1) is 0 Å². The number of carbonyl (C=O) groups excluding carboxylic acids is 1. The van der Waals surface area contributed by atoms with Gasteiger partial charge < -0.3 is 10.5 Å². The maximum Gasteiger partial charge on any atom is 0.365 e. The van der Waals surface area contributed by atoms with Crippen molar-refractivity contribution in [2.45, 2.75) is 38.8 Å². The Balaban J connectivity index is 3.83. The molecule has 0 rings (SSSR count). The first kappa shape index (κ1) is 12.8. The number of esters is 1. The molecule has 3 nitrogen and oxygen atoms in total. The van der Waals surface area contributed by atoms with Crippen LogP contribution in [-0.2, 0) is 9.53 Å². The van der Waals surface area contributed by atoms with E-state index in [9.17, 15) is 4.79 Å². The summed E-state index contributed by atoms with van der Waals surface area (Å²) in [4.78, 5) is 11.4. The molecular formula is C9H20NO2S+. The summed E-state index contributed by atoms with van der Waals surface area (Å²) < 4.78 is 5.19. The fourth-order valence-electron chi connectivity index (χ4n) is 0.763. The molecule has 0 saturated carbocycles. The lowest BCUT2D eigenvalue weighted by molar-refractivity contribution is -0.409. The van der Waals surface area contributed by atoms with Crippen LogP contribution in [0.5, 0.6) is 0 Å². The second kappa shape index (κ2) is 5.50. The molecule has 0 bridgehead atoms. The van der Waals surface area contributed by atoms with Gasteiger partial charge in [0.15, 0.2) is 6.04 Å². The van der Waals surface area contributed by atoms with E-state index < -0.39 is 5.60 Å².